The summed E-state index contributed by atoms with van der Waals surface area (Å²) in [4.78, 5) is 30.4. The largest absolute Gasteiger partial charge is 0.384 e. The van der Waals surface area contributed by atoms with Gasteiger partial charge in [-0.25, -0.2) is 4.98 Å². The summed E-state index contributed by atoms with van der Waals surface area (Å²) in [5, 5.41) is 12.0. The molecule has 1 atom stereocenters. The van der Waals surface area contributed by atoms with Crippen molar-refractivity contribution in [1.29, 1.82) is 0 Å². The van der Waals surface area contributed by atoms with Gasteiger partial charge in [-0.2, -0.15) is 0 Å². The molecule has 1 aliphatic rings. The summed E-state index contributed by atoms with van der Waals surface area (Å²) in [6, 6.07) is 16.2. The van der Waals surface area contributed by atoms with Gasteiger partial charge in [-0.05, 0) is 66.8 Å². The third kappa shape index (κ3) is 5.78. The maximum atomic E-state index is 12.4. The molecule has 1 heterocycles. The molecule has 7 nitrogen and oxygen atoms in total. The van der Waals surface area contributed by atoms with Gasteiger partial charge in [0.2, 0.25) is 5.95 Å². The van der Waals surface area contributed by atoms with Crippen molar-refractivity contribution in [1.82, 2.24) is 14.9 Å². The van der Waals surface area contributed by atoms with Gasteiger partial charge in [0.05, 0.1) is 17.6 Å². The Bertz CT molecular complexity index is 1190. The van der Waals surface area contributed by atoms with E-state index in [1.165, 1.54) is 12.8 Å². The fraction of sp³-hybridized carbons (Fsp3) is 0.483. The van der Waals surface area contributed by atoms with Crippen LogP contribution in [0.2, 0.25) is 0 Å². The summed E-state index contributed by atoms with van der Waals surface area (Å²) >= 11 is 0. The smallest absolute Gasteiger partial charge is 0.251 e. The second-order valence-electron chi connectivity index (χ2n) is 11.1. The second kappa shape index (κ2) is 10.8. The molecule has 0 radical (unpaired) electrons. The van der Waals surface area contributed by atoms with Crippen LogP contribution in [0.25, 0.3) is 11.0 Å². The Morgan fingerprint density at radius 2 is 1.81 bits per heavy atom. The van der Waals surface area contributed by atoms with Gasteiger partial charge >= 0.3 is 0 Å². The van der Waals surface area contributed by atoms with Crippen LogP contribution in [0.15, 0.2) is 48.5 Å². The lowest BCUT2D eigenvalue weighted by atomic mass is 9.71. The standard InChI is InChI=1S/C29H38N4O3/c1-29(2,3)22-13-15-23(16-14-22)33(28-31-25-7-5-6-8-26(25)32(28)4)18-20-9-11-21(12-10-20)27(36)30-17-24(35)19-34/h5-12,19,22-24,35H,13-18H2,1-4H3,(H,30,36)/t22?,23?,24-/m1/s1. The first-order valence-corrected chi connectivity index (χ1v) is 12.9. The number of para-hydroxylation sites is 2. The summed E-state index contributed by atoms with van der Waals surface area (Å²) in [5.41, 5.74) is 4.03. The normalized spacial score (nSPS) is 19.1. The van der Waals surface area contributed by atoms with Crippen LogP contribution in [0.5, 0.6) is 0 Å². The Labute approximate surface area is 213 Å². The summed E-state index contributed by atoms with van der Waals surface area (Å²) in [5.74, 6) is 1.39. The van der Waals surface area contributed by atoms with Crippen molar-refractivity contribution in [2.24, 2.45) is 18.4 Å². The number of fused-ring (bicyclic) bond motifs is 1. The van der Waals surface area contributed by atoms with E-state index in [1.54, 1.807) is 12.1 Å². The van der Waals surface area contributed by atoms with Crippen molar-refractivity contribution >= 4 is 29.2 Å². The van der Waals surface area contributed by atoms with Crippen LogP contribution in [0, 0.1) is 11.3 Å². The van der Waals surface area contributed by atoms with Crippen molar-refractivity contribution in [3.63, 3.8) is 0 Å². The monoisotopic (exact) mass is 490 g/mol. The SMILES string of the molecule is Cn1c(N(Cc2ccc(C(=O)NC[C@@H](O)C=O)cc2)C2CCC(C(C)(C)C)CC2)nc2ccccc21. The maximum absolute atomic E-state index is 12.4. The average Bonchev–Trinajstić information content (AvgIpc) is 3.21. The first-order valence-electron chi connectivity index (χ1n) is 12.9. The van der Waals surface area contributed by atoms with E-state index < -0.39 is 6.10 Å². The predicted octanol–water partition coefficient (Wildman–Crippen LogP) is 4.47. The zero-order valence-electron chi connectivity index (χ0n) is 21.8. The van der Waals surface area contributed by atoms with E-state index >= 15 is 0 Å². The van der Waals surface area contributed by atoms with Crippen LogP contribution in [0.4, 0.5) is 5.95 Å². The van der Waals surface area contributed by atoms with Gasteiger partial charge in [-0.1, -0.05) is 45.0 Å². The van der Waals surface area contributed by atoms with Crippen LogP contribution in [-0.2, 0) is 18.4 Å². The van der Waals surface area contributed by atoms with Crippen LogP contribution in [0.3, 0.4) is 0 Å². The van der Waals surface area contributed by atoms with E-state index in [0.717, 1.165) is 41.3 Å². The number of aliphatic hydroxyl groups excluding tert-OH is 1. The van der Waals surface area contributed by atoms with Crippen molar-refractivity contribution in [3.8, 4) is 0 Å². The molecular formula is C29H38N4O3. The Morgan fingerprint density at radius 1 is 1.14 bits per heavy atom. The highest BCUT2D eigenvalue weighted by molar-refractivity contribution is 5.94. The summed E-state index contributed by atoms with van der Waals surface area (Å²) < 4.78 is 2.19. The Morgan fingerprint density at radius 3 is 2.42 bits per heavy atom. The molecule has 1 aromatic heterocycles. The lowest BCUT2D eigenvalue weighted by molar-refractivity contribution is -0.114. The number of aliphatic hydroxyl groups is 1. The van der Waals surface area contributed by atoms with Crippen molar-refractivity contribution in [2.75, 3.05) is 11.4 Å². The van der Waals surface area contributed by atoms with Crippen LogP contribution >= 0.6 is 0 Å². The van der Waals surface area contributed by atoms with E-state index in [0.29, 0.717) is 29.9 Å². The molecule has 0 bridgehead atoms. The number of hydrogen-bond donors (Lipinski definition) is 2. The van der Waals surface area contributed by atoms with E-state index in [9.17, 15) is 14.7 Å². The number of carbonyl (C=O) groups excluding carboxylic acids is 2. The number of carbonyl (C=O) groups is 2. The molecule has 1 fully saturated rings. The fourth-order valence-corrected chi connectivity index (χ4v) is 5.31. The van der Waals surface area contributed by atoms with Gasteiger partial charge in [-0.3, -0.25) is 4.79 Å². The third-order valence-electron chi connectivity index (χ3n) is 7.58. The van der Waals surface area contributed by atoms with Crippen molar-refractivity contribution in [2.45, 2.75) is 65.1 Å². The number of hydrogen-bond acceptors (Lipinski definition) is 5. The number of rotatable bonds is 8. The maximum Gasteiger partial charge on any atom is 0.251 e. The molecule has 1 saturated carbocycles. The molecular weight excluding hydrogens is 452 g/mol. The minimum Gasteiger partial charge on any atom is -0.384 e. The number of nitrogens with one attached hydrogen (secondary N) is 1. The quantitative estimate of drug-likeness (QED) is 0.455. The highest BCUT2D eigenvalue weighted by Gasteiger charge is 2.33. The predicted molar refractivity (Wildman–Crippen MR) is 143 cm³/mol. The lowest BCUT2D eigenvalue weighted by Gasteiger charge is -2.41. The molecule has 2 aromatic carbocycles. The first kappa shape index (κ1) is 25.9. The second-order valence-corrected chi connectivity index (χ2v) is 11.1. The fourth-order valence-electron chi connectivity index (χ4n) is 5.31. The van der Waals surface area contributed by atoms with Gasteiger partial charge in [0.1, 0.15) is 12.4 Å². The Hall–Kier alpha value is -3.19. The van der Waals surface area contributed by atoms with Crippen molar-refractivity contribution in [3.05, 3.63) is 59.7 Å². The topological polar surface area (TPSA) is 87.5 Å². The molecule has 3 aromatic rings. The molecule has 0 saturated heterocycles. The molecule has 2 N–H and O–H groups in total. The zero-order valence-corrected chi connectivity index (χ0v) is 21.8. The number of aldehydes is 1. The lowest BCUT2D eigenvalue weighted by Crippen LogP contribution is -2.41. The van der Waals surface area contributed by atoms with E-state index in [2.05, 4.69) is 54.7 Å². The number of nitrogens with zero attached hydrogens (tertiary/aromatic N) is 3. The number of anilines is 1. The molecule has 0 unspecified atom stereocenters. The molecule has 7 heteroatoms. The number of imidazole rings is 1. The number of aryl methyl sites for hydroxylation is 1. The molecule has 1 aliphatic carbocycles. The van der Waals surface area contributed by atoms with Gasteiger partial charge in [0.15, 0.2) is 0 Å². The average molecular weight is 491 g/mol. The molecule has 0 spiro atoms. The summed E-state index contributed by atoms with van der Waals surface area (Å²) in [6.07, 6.45) is 3.90. The van der Waals surface area contributed by atoms with Crippen LogP contribution < -0.4 is 10.2 Å². The van der Waals surface area contributed by atoms with E-state index in [-0.39, 0.29) is 12.5 Å². The minimum absolute atomic E-state index is 0.0954. The number of aromatic nitrogens is 2. The van der Waals surface area contributed by atoms with Gasteiger partial charge < -0.3 is 24.7 Å². The highest BCUT2D eigenvalue weighted by atomic mass is 16.3. The van der Waals surface area contributed by atoms with E-state index in [4.69, 9.17) is 4.98 Å². The van der Waals surface area contributed by atoms with E-state index in [1.807, 2.05) is 24.3 Å². The van der Waals surface area contributed by atoms with Crippen molar-refractivity contribution < 1.29 is 14.7 Å². The van der Waals surface area contributed by atoms with Gasteiger partial charge in [0, 0.05) is 25.2 Å². The molecule has 192 valence electrons. The Kier molecular flexibility index (Phi) is 7.79. The highest BCUT2D eigenvalue weighted by Crippen LogP contribution is 2.40. The molecule has 1 amide bonds. The van der Waals surface area contributed by atoms with Crippen LogP contribution in [0.1, 0.15) is 62.4 Å². The van der Waals surface area contributed by atoms with Gasteiger partial charge in [-0.15, -0.1) is 0 Å². The molecule has 36 heavy (non-hydrogen) atoms. The van der Waals surface area contributed by atoms with Crippen LogP contribution in [-0.4, -0.2) is 45.5 Å². The number of amides is 1. The number of benzene rings is 2. The molecule has 4 rings (SSSR count). The minimum atomic E-state index is -1.19. The third-order valence-corrected chi connectivity index (χ3v) is 7.58. The summed E-state index contributed by atoms with van der Waals surface area (Å²) in [6.45, 7) is 7.64. The first-order chi connectivity index (χ1) is 17.2. The zero-order chi connectivity index (χ0) is 25.9. The summed E-state index contributed by atoms with van der Waals surface area (Å²) in [7, 11) is 2.08. The Balaban J connectivity index is 1.56. The molecule has 0 aliphatic heterocycles. The van der Waals surface area contributed by atoms with Gasteiger partial charge in [0.25, 0.3) is 5.91 Å².